The molecule has 0 aromatic rings. The van der Waals surface area contributed by atoms with E-state index in [1.54, 1.807) is 7.11 Å². The van der Waals surface area contributed by atoms with Crippen molar-refractivity contribution < 1.29 is 9.16 Å². The molecule has 0 aliphatic rings. The van der Waals surface area contributed by atoms with Crippen molar-refractivity contribution in [2.45, 2.75) is 13.0 Å². The summed E-state index contributed by atoms with van der Waals surface area (Å²) in [6, 6.07) is 0. The minimum absolute atomic E-state index is 0.262. The Hall–Kier alpha value is 0.137. The average molecular weight is 120 g/mol. The lowest BCUT2D eigenvalue weighted by Crippen LogP contribution is -2.11. The Balaban J connectivity index is 2.83. The van der Waals surface area contributed by atoms with Gasteiger partial charge in [-0.05, 0) is 6.92 Å². The van der Waals surface area contributed by atoms with Crippen LogP contribution in [0.15, 0.2) is 0 Å². The second kappa shape index (κ2) is 4.30. The van der Waals surface area contributed by atoms with Crippen LogP contribution in [0.5, 0.6) is 0 Å². The van der Waals surface area contributed by atoms with Gasteiger partial charge in [0.1, 0.15) is 10.5 Å². The first-order chi connectivity index (χ1) is 3.31. The lowest BCUT2D eigenvalue weighted by Gasteiger charge is -2.05. The first kappa shape index (κ1) is 7.14. The van der Waals surface area contributed by atoms with Gasteiger partial charge in [-0.25, -0.2) is 0 Å². The van der Waals surface area contributed by atoms with E-state index in [0.717, 1.165) is 17.1 Å². The third-order valence-electron chi connectivity index (χ3n) is 0.804. The first-order valence-electron chi connectivity index (χ1n) is 2.33. The van der Waals surface area contributed by atoms with Gasteiger partial charge in [0.05, 0.1) is 12.7 Å². The van der Waals surface area contributed by atoms with Crippen molar-refractivity contribution >= 4 is 10.5 Å². The standard InChI is InChI=1S/C4H12O2Si/c1-4(5-2)3-6-7/h4H,3H2,1-2,7H3. The summed E-state index contributed by atoms with van der Waals surface area (Å²) < 4.78 is 9.80. The molecule has 0 aliphatic carbocycles. The first-order valence-corrected chi connectivity index (χ1v) is 3.14. The third-order valence-corrected chi connectivity index (χ3v) is 1.14. The molecule has 0 amide bonds. The van der Waals surface area contributed by atoms with Gasteiger partial charge in [0.25, 0.3) is 0 Å². The van der Waals surface area contributed by atoms with Crippen molar-refractivity contribution in [2.75, 3.05) is 13.7 Å². The number of rotatable bonds is 3. The SMILES string of the molecule is COC(C)CO[SiH3]. The summed E-state index contributed by atoms with van der Waals surface area (Å²) in [5, 5.41) is 0. The highest BCUT2D eigenvalue weighted by atomic mass is 28.2. The van der Waals surface area contributed by atoms with Crippen molar-refractivity contribution in [1.29, 1.82) is 0 Å². The molecular weight excluding hydrogens is 108 g/mol. The van der Waals surface area contributed by atoms with Crippen LogP contribution in [0.3, 0.4) is 0 Å². The van der Waals surface area contributed by atoms with Crippen molar-refractivity contribution in [2.24, 2.45) is 0 Å². The molecule has 0 radical (unpaired) electrons. The molecule has 2 nitrogen and oxygen atoms in total. The fraction of sp³-hybridized carbons (Fsp3) is 1.00. The topological polar surface area (TPSA) is 18.5 Å². The van der Waals surface area contributed by atoms with Crippen LogP contribution in [0.4, 0.5) is 0 Å². The number of hydrogen-bond acceptors (Lipinski definition) is 2. The van der Waals surface area contributed by atoms with Gasteiger partial charge in [0.2, 0.25) is 0 Å². The molecule has 0 N–H and O–H groups in total. The number of methoxy groups -OCH3 is 1. The molecule has 3 heteroatoms. The molecule has 0 aromatic heterocycles. The van der Waals surface area contributed by atoms with E-state index in [-0.39, 0.29) is 6.10 Å². The minimum Gasteiger partial charge on any atom is -0.425 e. The Morgan fingerprint density at radius 2 is 2.29 bits per heavy atom. The predicted molar refractivity (Wildman–Crippen MR) is 32.4 cm³/mol. The van der Waals surface area contributed by atoms with E-state index < -0.39 is 0 Å². The van der Waals surface area contributed by atoms with Gasteiger partial charge in [-0.2, -0.15) is 0 Å². The van der Waals surface area contributed by atoms with Gasteiger partial charge in [0, 0.05) is 7.11 Å². The maximum Gasteiger partial charge on any atom is 0.146 e. The maximum absolute atomic E-state index is 4.91. The van der Waals surface area contributed by atoms with Gasteiger partial charge < -0.3 is 9.16 Å². The van der Waals surface area contributed by atoms with Crippen LogP contribution in [0.25, 0.3) is 0 Å². The molecule has 0 saturated carbocycles. The summed E-state index contributed by atoms with van der Waals surface area (Å²) >= 11 is 0. The lowest BCUT2D eigenvalue weighted by atomic mass is 10.4. The van der Waals surface area contributed by atoms with E-state index in [0.29, 0.717) is 0 Å². The monoisotopic (exact) mass is 120 g/mol. The van der Waals surface area contributed by atoms with Crippen LogP contribution < -0.4 is 0 Å². The van der Waals surface area contributed by atoms with Crippen LogP contribution in [0.2, 0.25) is 0 Å². The summed E-state index contributed by atoms with van der Waals surface area (Å²) in [7, 11) is 2.50. The smallest absolute Gasteiger partial charge is 0.146 e. The molecule has 0 saturated heterocycles. The lowest BCUT2D eigenvalue weighted by molar-refractivity contribution is 0.0751. The molecule has 0 aliphatic heterocycles. The molecule has 1 unspecified atom stereocenters. The zero-order valence-corrected chi connectivity index (χ0v) is 7.10. The van der Waals surface area contributed by atoms with E-state index in [9.17, 15) is 0 Å². The normalized spacial score (nSPS) is 14.6. The molecule has 1 atom stereocenters. The molecule has 0 bridgehead atoms. The second-order valence-corrected chi connectivity index (χ2v) is 2.08. The van der Waals surface area contributed by atoms with Crippen molar-refractivity contribution in [3.63, 3.8) is 0 Å². The van der Waals surface area contributed by atoms with E-state index in [1.807, 2.05) is 6.92 Å². The van der Waals surface area contributed by atoms with Crippen molar-refractivity contribution in [3.05, 3.63) is 0 Å². The maximum atomic E-state index is 4.91. The highest BCUT2D eigenvalue weighted by Crippen LogP contribution is 1.84. The van der Waals surface area contributed by atoms with Gasteiger partial charge in [0.15, 0.2) is 0 Å². The Morgan fingerprint density at radius 1 is 1.71 bits per heavy atom. The zero-order valence-electron chi connectivity index (χ0n) is 5.10. The minimum atomic E-state index is 0.262. The number of ether oxygens (including phenoxy) is 1. The van der Waals surface area contributed by atoms with Crippen LogP contribution >= 0.6 is 0 Å². The molecule has 0 rings (SSSR count). The Bertz CT molecular complexity index is 40.7. The fourth-order valence-corrected chi connectivity index (χ4v) is 0.772. The van der Waals surface area contributed by atoms with Crippen LogP contribution in [0, 0.1) is 0 Å². The van der Waals surface area contributed by atoms with Crippen molar-refractivity contribution in [1.82, 2.24) is 0 Å². The van der Waals surface area contributed by atoms with Crippen LogP contribution in [0.1, 0.15) is 6.92 Å². The van der Waals surface area contributed by atoms with Crippen LogP contribution in [-0.2, 0) is 9.16 Å². The van der Waals surface area contributed by atoms with Crippen LogP contribution in [-0.4, -0.2) is 30.3 Å². The second-order valence-electron chi connectivity index (χ2n) is 1.50. The number of hydrogen-bond donors (Lipinski definition) is 0. The van der Waals surface area contributed by atoms with Gasteiger partial charge in [-0.3, -0.25) is 0 Å². The summed E-state index contributed by atoms with van der Waals surface area (Å²) in [5.41, 5.74) is 0. The van der Waals surface area contributed by atoms with E-state index in [2.05, 4.69) is 0 Å². The van der Waals surface area contributed by atoms with Gasteiger partial charge >= 0.3 is 0 Å². The Kier molecular flexibility index (Phi) is 4.38. The summed E-state index contributed by atoms with van der Waals surface area (Å²) in [4.78, 5) is 0. The van der Waals surface area contributed by atoms with Gasteiger partial charge in [-0.15, -0.1) is 0 Å². The van der Waals surface area contributed by atoms with E-state index >= 15 is 0 Å². The quantitative estimate of drug-likeness (QED) is 0.459. The average Bonchev–Trinajstić information content (AvgIpc) is 1.68. The van der Waals surface area contributed by atoms with Crippen molar-refractivity contribution in [3.8, 4) is 0 Å². The molecule has 0 spiro atoms. The van der Waals surface area contributed by atoms with E-state index in [4.69, 9.17) is 9.16 Å². The zero-order chi connectivity index (χ0) is 5.70. The third kappa shape index (κ3) is 3.98. The summed E-state index contributed by atoms with van der Waals surface area (Å²) in [5.74, 6) is 0. The van der Waals surface area contributed by atoms with Gasteiger partial charge in [-0.1, -0.05) is 0 Å². The molecule has 7 heavy (non-hydrogen) atoms. The largest absolute Gasteiger partial charge is 0.425 e. The highest BCUT2D eigenvalue weighted by molar-refractivity contribution is 5.97. The fourth-order valence-electron chi connectivity index (χ4n) is 0.303. The molecule has 44 valence electrons. The molecule has 0 fully saturated rings. The Morgan fingerprint density at radius 3 is 2.43 bits per heavy atom. The molecular formula is C4H12O2Si. The highest BCUT2D eigenvalue weighted by Gasteiger charge is 1.92. The summed E-state index contributed by atoms with van der Waals surface area (Å²) in [6.45, 7) is 2.72. The predicted octanol–water partition coefficient (Wildman–Crippen LogP) is -0.682. The van der Waals surface area contributed by atoms with E-state index in [1.165, 1.54) is 0 Å². The molecule has 0 aromatic carbocycles. The Labute approximate surface area is 47.4 Å². The summed E-state index contributed by atoms with van der Waals surface area (Å²) in [6.07, 6.45) is 0.262. The molecule has 0 heterocycles.